The molecule has 1 aromatic heterocycles. The number of para-hydroxylation sites is 1. The molecule has 2 heterocycles. The van der Waals surface area contributed by atoms with Crippen molar-refractivity contribution in [1.29, 1.82) is 0 Å². The average molecular weight is 347 g/mol. The fourth-order valence-corrected chi connectivity index (χ4v) is 3.31. The van der Waals surface area contributed by atoms with E-state index in [1.54, 1.807) is 17.0 Å². The van der Waals surface area contributed by atoms with Crippen LogP contribution in [0.3, 0.4) is 0 Å². The summed E-state index contributed by atoms with van der Waals surface area (Å²) in [6.07, 6.45) is 0. The van der Waals surface area contributed by atoms with Crippen LogP contribution in [-0.2, 0) is 9.53 Å². The highest BCUT2D eigenvalue weighted by molar-refractivity contribution is 7.99. The summed E-state index contributed by atoms with van der Waals surface area (Å²) in [6.45, 7) is 2.21. The Hall–Kier alpha value is -2.32. The second kappa shape index (κ2) is 7.50. The van der Waals surface area contributed by atoms with Gasteiger partial charge in [0.25, 0.3) is 5.56 Å². The molecule has 2 aromatic rings. The van der Waals surface area contributed by atoms with E-state index in [1.807, 2.05) is 18.2 Å². The van der Waals surface area contributed by atoms with Gasteiger partial charge in [0.1, 0.15) is 0 Å². The van der Waals surface area contributed by atoms with Crippen LogP contribution in [0.2, 0.25) is 0 Å². The number of rotatable bonds is 4. The van der Waals surface area contributed by atoms with Crippen molar-refractivity contribution in [3.63, 3.8) is 0 Å². The summed E-state index contributed by atoms with van der Waals surface area (Å²) in [7, 11) is 0. The zero-order chi connectivity index (χ0) is 16.9. The first-order chi connectivity index (χ1) is 11.6. The van der Waals surface area contributed by atoms with Gasteiger partial charge in [0.15, 0.2) is 5.16 Å². The number of thioether (sulfide) groups is 1. The number of aromatic nitrogens is 2. The lowest BCUT2D eigenvalue weighted by Gasteiger charge is -2.26. The van der Waals surface area contributed by atoms with Gasteiger partial charge in [0.05, 0.1) is 30.7 Å². The average Bonchev–Trinajstić information content (AvgIpc) is 2.60. The molecule has 1 aliphatic rings. The Labute approximate surface area is 142 Å². The first kappa shape index (κ1) is 16.5. The maximum absolute atomic E-state index is 12.3. The molecular weight excluding hydrogens is 330 g/mol. The van der Waals surface area contributed by atoms with Crippen molar-refractivity contribution < 1.29 is 14.6 Å². The van der Waals surface area contributed by atoms with E-state index in [1.165, 1.54) is 4.57 Å². The highest BCUT2D eigenvalue weighted by atomic mass is 32.2. The van der Waals surface area contributed by atoms with Crippen LogP contribution in [0, 0.1) is 0 Å². The number of carbonyl (C=O) groups excluding carboxylic acids is 1. The largest absolute Gasteiger partial charge is 0.493 e. The molecule has 0 spiro atoms. The van der Waals surface area contributed by atoms with Gasteiger partial charge in [-0.05, 0) is 12.1 Å². The molecule has 1 N–H and O–H groups in total. The minimum atomic E-state index is -0.393. The van der Waals surface area contributed by atoms with Crippen LogP contribution in [0.15, 0.2) is 46.3 Å². The summed E-state index contributed by atoms with van der Waals surface area (Å²) in [5.74, 6) is -0.253. The Morgan fingerprint density at radius 1 is 1.25 bits per heavy atom. The molecule has 1 aliphatic heterocycles. The number of nitrogens with zero attached hydrogens (tertiary/aromatic N) is 3. The zero-order valence-corrected chi connectivity index (χ0v) is 13.7. The summed E-state index contributed by atoms with van der Waals surface area (Å²) in [4.78, 5) is 30.2. The Morgan fingerprint density at radius 3 is 2.67 bits per heavy atom. The standard InChI is InChI=1S/C16H17N3O4S/c20-13-10-14(21)19(12-4-2-1-3-5-12)16(17-13)24-11-15(22)18-6-8-23-9-7-18/h1-5,10,20H,6-9,11H2. The predicted molar refractivity (Wildman–Crippen MR) is 89.6 cm³/mol. The number of hydrogen-bond donors (Lipinski definition) is 1. The number of benzene rings is 1. The molecule has 0 atom stereocenters. The lowest BCUT2D eigenvalue weighted by Crippen LogP contribution is -2.41. The number of aromatic hydroxyl groups is 1. The third-order valence-corrected chi connectivity index (χ3v) is 4.50. The van der Waals surface area contributed by atoms with E-state index in [0.29, 0.717) is 32.0 Å². The fourth-order valence-electron chi connectivity index (χ4n) is 2.39. The molecule has 1 amide bonds. The molecule has 1 aromatic carbocycles. The molecule has 126 valence electrons. The molecule has 8 heteroatoms. The highest BCUT2D eigenvalue weighted by Gasteiger charge is 2.19. The van der Waals surface area contributed by atoms with Crippen LogP contribution in [-0.4, -0.2) is 57.5 Å². The predicted octanol–water partition coefficient (Wildman–Crippen LogP) is 0.889. The molecule has 24 heavy (non-hydrogen) atoms. The number of amides is 1. The monoisotopic (exact) mass is 347 g/mol. The first-order valence-electron chi connectivity index (χ1n) is 7.52. The van der Waals surface area contributed by atoms with E-state index < -0.39 is 5.56 Å². The van der Waals surface area contributed by atoms with Crippen LogP contribution in [0.5, 0.6) is 5.88 Å². The second-order valence-electron chi connectivity index (χ2n) is 5.19. The van der Waals surface area contributed by atoms with E-state index in [4.69, 9.17) is 4.74 Å². The maximum Gasteiger partial charge on any atom is 0.262 e. The lowest BCUT2D eigenvalue weighted by atomic mass is 10.3. The van der Waals surface area contributed by atoms with Crippen LogP contribution < -0.4 is 5.56 Å². The Kier molecular flexibility index (Phi) is 5.17. The van der Waals surface area contributed by atoms with Gasteiger partial charge in [0.2, 0.25) is 11.8 Å². The molecule has 1 saturated heterocycles. The van der Waals surface area contributed by atoms with Gasteiger partial charge < -0.3 is 14.7 Å². The smallest absolute Gasteiger partial charge is 0.262 e. The Bertz CT molecular complexity index is 773. The summed E-state index contributed by atoms with van der Waals surface area (Å²) >= 11 is 1.13. The summed E-state index contributed by atoms with van der Waals surface area (Å²) in [6, 6.07) is 10.1. The van der Waals surface area contributed by atoms with Gasteiger partial charge in [0, 0.05) is 13.1 Å². The van der Waals surface area contributed by atoms with Crippen molar-refractivity contribution in [3.8, 4) is 11.6 Å². The van der Waals surface area contributed by atoms with Crippen molar-refractivity contribution in [1.82, 2.24) is 14.5 Å². The van der Waals surface area contributed by atoms with Gasteiger partial charge in [-0.25, -0.2) is 0 Å². The molecular formula is C16H17N3O4S. The minimum Gasteiger partial charge on any atom is -0.493 e. The van der Waals surface area contributed by atoms with Crippen molar-refractivity contribution in [2.45, 2.75) is 5.16 Å². The first-order valence-corrected chi connectivity index (χ1v) is 8.50. The highest BCUT2D eigenvalue weighted by Crippen LogP contribution is 2.20. The quantitative estimate of drug-likeness (QED) is 0.653. The van der Waals surface area contributed by atoms with Crippen molar-refractivity contribution >= 4 is 17.7 Å². The van der Waals surface area contributed by atoms with Crippen LogP contribution in [0.4, 0.5) is 0 Å². The van der Waals surface area contributed by atoms with E-state index in [-0.39, 0.29) is 22.7 Å². The zero-order valence-electron chi connectivity index (χ0n) is 12.9. The van der Waals surface area contributed by atoms with E-state index in [2.05, 4.69) is 4.98 Å². The Morgan fingerprint density at radius 2 is 1.96 bits per heavy atom. The molecule has 0 saturated carbocycles. The number of morpholine rings is 1. The van der Waals surface area contributed by atoms with Crippen molar-refractivity contribution in [2.24, 2.45) is 0 Å². The van der Waals surface area contributed by atoms with Crippen molar-refractivity contribution in [3.05, 3.63) is 46.8 Å². The van der Waals surface area contributed by atoms with Gasteiger partial charge in [-0.1, -0.05) is 30.0 Å². The van der Waals surface area contributed by atoms with E-state index >= 15 is 0 Å². The minimum absolute atomic E-state index is 0.0412. The van der Waals surface area contributed by atoms with E-state index in [0.717, 1.165) is 17.8 Å². The topological polar surface area (TPSA) is 84.7 Å². The molecule has 0 bridgehead atoms. The van der Waals surface area contributed by atoms with Crippen LogP contribution >= 0.6 is 11.8 Å². The van der Waals surface area contributed by atoms with Crippen molar-refractivity contribution in [2.75, 3.05) is 32.1 Å². The molecule has 0 unspecified atom stereocenters. The summed E-state index contributed by atoms with van der Waals surface area (Å²) in [5.41, 5.74) is 0.242. The van der Waals surface area contributed by atoms with Crippen LogP contribution in [0.1, 0.15) is 0 Å². The summed E-state index contributed by atoms with van der Waals surface area (Å²) in [5, 5.41) is 9.91. The lowest BCUT2D eigenvalue weighted by molar-refractivity contribution is -0.132. The summed E-state index contributed by atoms with van der Waals surface area (Å²) < 4.78 is 6.62. The number of ether oxygens (including phenoxy) is 1. The molecule has 0 aliphatic carbocycles. The Balaban J connectivity index is 1.82. The van der Waals surface area contributed by atoms with Crippen LogP contribution in [0.25, 0.3) is 5.69 Å². The van der Waals surface area contributed by atoms with Gasteiger partial charge >= 0.3 is 0 Å². The molecule has 1 fully saturated rings. The van der Waals surface area contributed by atoms with Gasteiger partial charge in [-0.2, -0.15) is 4.98 Å². The third kappa shape index (κ3) is 3.77. The SMILES string of the molecule is O=C(CSc1nc(O)cc(=O)n1-c1ccccc1)N1CCOCC1. The third-order valence-electron chi connectivity index (χ3n) is 3.58. The molecule has 7 nitrogen and oxygen atoms in total. The van der Waals surface area contributed by atoms with E-state index in [9.17, 15) is 14.7 Å². The fraction of sp³-hybridized carbons (Fsp3) is 0.312. The number of carbonyl (C=O) groups is 1. The molecule has 3 rings (SSSR count). The second-order valence-corrected chi connectivity index (χ2v) is 6.13. The molecule has 0 radical (unpaired) electrons. The van der Waals surface area contributed by atoms with Gasteiger partial charge in [-0.15, -0.1) is 0 Å². The number of hydrogen-bond acceptors (Lipinski definition) is 6. The normalized spacial score (nSPS) is 14.6. The van der Waals surface area contributed by atoms with Gasteiger partial charge in [-0.3, -0.25) is 14.2 Å². The maximum atomic E-state index is 12.3.